The molecule has 2 fully saturated rings. The molecule has 0 bridgehead atoms. The summed E-state index contributed by atoms with van der Waals surface area (Å²) < 4.78 is 1.86. The van der Waals surface area contributed by atoms with Crippen LogP contribution in [0.4, 0.5) is 0 Å². The van der Waals surface area contributed by atoms with Gasteiger partial charge in [0, 0.05) is 62.7 Å². The van der Waals surface area contributed by atoms with Gasteiger partial charge >= 0.3 is 0 Å². The molecule has 0 radical (unpaired) electrons. The van der Waals surface area contributed by atoms with Gasteiger partial charge in [0.25, 0.3) is 0 Å². The topological polar surface area (TPSA) is 47.8 Å². The van der Waals surface area contributed by atoms with Gasteiger partial charge in [-0.3, -0.25) is 9.80 Å². The molecule has 1 atom stereocenters. The van der Waals surface area contributed by atoms with Crippen molar-refractivity contribution in [3.8, 4) is 5.69 Å². The molecule has 2 aliphatic heterocycles. The number of nitrogens with zero attached hydrogens (tertiary/aromatic N) is 5. The monoisotopic (exact) mass is 445 g/mol. The Kier molecular flexibility index (Phi) is 7.67. The second kappa shape index (κ2) is 10.5. The lowest BCUT2D eigenvalue weighted by atomic mass is 9.97. The van der Waals surface area contributed by atoms with Crippen LogP contribution in [-0.4, -0.2) is 87.0 Å². The van der Waals surface area contributed by atoms with Gasteiger partial charge in [-0.15, -0.1) is 0 Å². The maximum atomic E-state index is 9.70. The van der Waals surface area contributed by atoms with Crippen LogP contribution in [0.5, 0.6) is 0 Å². The summed E-state index contributed by atoms with van der Waals surface area (Å²) in [6.45, 7) is 11.2. The molecule has 7 heteroatoms. The van der Waals surface area contributed by atoms with Gasteiger partial charge in [-0.25, -0.2) is 4.68 Å². The summed E-state index contributed by atoms with van der Waals surface area (Å²) in [5.41, 5.74) is 2.10. The fourth-order valence-electron chi connectivity index (χ4n) is 5.17. The summed E-state index contributed by atoms with van der Waals surface area (Å²) >= 11 is 6.33. The number of hydrogen-bond acceptors (Lipinski definition) is 5. The Morgan fingerprint density at radius 1 is 1.13 bits per heavy atom. The van der Waals surface area contributed by atoms with E-state index >= 15 is 0 Å². The van der Waals surface area contributed by atoms with Crippen molar-refractivity contribution in [1.82, 2.24) is 24.5 Å². The minimum absolute atomic E-state index is 0.254. The Morgan fingerprint density at radius 2 is 1.90 bits per heavy atom. The largest absolute Gasteiger partial charge is 0.396 e. The first-order valence-corrected chi connectivity index (χ1v) is 12.0. The minimum Gasteiger partial charge on any atom is -0.396 e. The molecule has 4 rings (SSSR count). The van der Waals surface area contributed by atoms with Crippen LogP contribution < -0.4 is 0 Å². The number of piperidine rings is 1. The minimum atomic E-state index is 0.254. The van der Waals surface area contributed by atoms with Gasteiger partial charge in [0.05, 0.1) is 16.9 Å². The average molecular weight is 446 g/mol. The highest BCUT2D eigenvalue weighted by Crippen LogP contribution is 2.25. The van der Waals surface area contributed by atoms with E-state index in [4.69, 9.17) is 11.6 Å². The SMILES string of the molecule is CC(C)N1CCC(N2CCN(Cc3cnn(-c4ccccc4Cl)c3)C[C@H]2CCO)CC1. The van der Waals surface area contributed by atoms with E-state index < -0.39 is 0 Å². The zero-order valence-corrected chi connectivity index (χ0v) is 19.6. The van der Waals surface area contributed by atoms with E-state index in [1.807, 2.05) is 35.1 Å². The Hall–Kier alpha value is -1.44. The molecule has 0 amide bonds. The van der Waals surface area contributed by atoms with Gasteiger partial charge in [0.15, 0.2) is 0 Å². The molecule has 0 aliphatic carbocycles. The third-order valence-electron chi connectivity index (χ3n) is 6.91. The number of para-hydroxylation sites is 1. The Balaban J connectivity index is 1.36. The predicted molar refractivity (Wildman–Crippen MR) is 126 cm³/mol. The second-order valence-corrected chi connectivity index (χ2v) is 9.65. The van der Waals surface area contributed by atoms with Crippen molar-refractivity contribution >= 4 is 11.6 Å². The van der Waals surface area contributed by atoms with Crippen LogP contribution in [-0.2, 0) is 6.54 Å². The van der Waals surface area contributed by atoms with Crippen molar-refractivity contribution in [2.24, 2.45) is 0 Å². The van der Waals surface area contributed by atoms with Crippen LogP contribution in [0, 0.1) is 0 Å². The van der Waals surface area contributed by atoms with E-state index in [-0.39, 0.29) is 6.61 Å². The standard InChI is InChI=1S/C24H36ClN5O/c1-19(2)28-10-7-21(8-11-28)29-13-12-27(18-22(29)9-14-31)16-20-15-26-30(17-20)24-6-4-3-5-23(24)25/h3-6,15,17,19,21-22,31H,7-14,16,18H2,1-2H3/t22-/m1/s1. The average Bonchev–Trinajstić information content (AvgIpc) is 3.23. The molecule has 0 unspecified atom stereocenters. The van der Waals surface area contributed by atoms with Gasteiger partial charge in [-0.2, -0.15) is 5.10 Å². The van der Waals surface area contributed by atoms with Crippen LogP contribution in [0.2, 0.25) is 5.02 Å². The lowest BCUT2D eigenvalue weighted by Crippen LogP contribution is -2.58. The van der Waals surface area contributed by atoms with Crippen LogP contribution in [0.3, 0.4) is 0 Å². The lowest BCUT2D eigenvalue weighted by molar-refractivity contribution is -0.0000321. The van der Waals surface area contributed by atoms with E-state index in [1.54, 1.807) is 0 Å². The molecule has 1 aromatic heterocycles. The number of aliphatic hydroxyl groups is 1. The first-order valence-electron chi connectivity index (χ1n) is 11.7. The maximum Gasteiger partial charge on any atom is 0.0831 e. The van der Waals surface area contributed by atoms with E-state index in [0.717, 1.165) is 38.3 Å². The fraction of sp³-hybridized carbons (Fsp3) is 0.625. The van der Waals surface area contributed by atoms with Crippen molar-refractivity contribution in [3.63, 3.8) is 0 Å². The summed E-state index contributed by atoms with van der Waals surface area (Å²) in [6, 6.07) is 9.50. The molecule has 0 saturated carbocycles. The van der Waals surface area contributed by atoms with Crippen LogP contribution in [0.25, 0.3) is 5.69 Å². The molecule has 1 aromatic carbocycles. The van der Waals surface area contributed by atoms with Crippen molar-refractivity contribution in [3.05, 3.63) is 47.2 Å². The fourth-order valence-corrected chi connectivity index (χ4v) is 5.39. The van der Waals surface area contributed by atoms with E-state index in [2.05, 4.69) is 39.8 Å². The quantitative estimate of drug-likeness (QED) is 0.708. The summed E-state index contributed by atoms with van der Waals surface area (Å²) in [4.78, 5) is 7.79. The summed E-state index contributed by atoms with van der Waals surface area (Å²) in [5.74, 6) is 0. The molecule has 0 spiro atoms. The highest BCUT2D eigenvalue weighted by molar-refractivity contribution is 6.32. The van der Waals surface area contributed by atoms with Gasteiger partial charge in [0.2, 0.25) is 0 Å². The molecule has 2 aromatic rings. The molecule has 2 aliphatic rings. The predicted octanol–water partition coefficient (Wildman–Crippen LogP) is 3.27. The van der Waals surface area contributed by atoms with Gasteiger partial charge in [-0.05, 0) is 58.3 Å². The normalized spacial score (nSPS) is 22.4. The van der Waals surface area contributed by atoms with Crippen molar-refractivity contribution in [2.45, 2.75) is 57.8 Å². The number of piperazine rings is 1. The zero-order chi connectivity index (χ0) is 21.8. The summed E-state index contributed by atoms with van der Waals surface area (Å²) in [7, 11) is 0. The molecular weight excluding hydrogens is 410 g/mol. The third-order valence-corrected chi connectivity index (χ3v) is 7.23. The Labute approximate surface area is 191 Å². The number of rotatable bonds is 7. The van der Waals surface area contributed by atoms with Gasteiger partial charge in [0.1, 0.15) is 0 Å². The van der Waals surface area contributed by atoms with Gasteiger partial charge in [-0.1, -0.05) is 23.7 Å². The first-order chi connectivity index (χ1) is 15.0. The number of aliphatic hydroxyl groups excluding tert-OH is 1. The Bertz CT molecular complexity index is 833. The smallest absolute Gasteiger partial charge is 0.0831 e. The van der Waals surface area contributed by atoms with Crippen molar-refractivity contribution in [2.75, 3.05) is 39.3 Å². The van der Waals surface area contributed by atoms with Gasteiger partial charge < -0.3 is 10.0 Å². The molecule has 3 heterocycles. The van der Waals surface area contributed by atoms with E-state index in [0.29, 0.717) is 23.1 Å². The molecule has 170 valence electrons. The highest BCUT2D eigenvalue weighted by Gasteiger charge is 2.33. The third kappa shape index (κ3) is 5.49. The number of benzene rings is 1. The highest BCUT2D eigenvalue weighted by atomic mass is 35.5. The summed E-state index contributed by atoms with van der Waals surface area (Å²) in [5, 5.41) is 14.9. The van der Waals surface area contributed by atoms with Crippen molar-refractivity contribution in [1.29, 1.82) is 0 Å². The zero-order valence-electron chi connectivity index (χ0n) is 18.8. The molecular formula is C24H36ClN5O. The Morgan fingerprint density at radius 3 is 2.61 bits per heavy atom. The van der Waals surface area contributed by atoms with E-state index in [1.165, 1.54) is 31.5 Å². The van der Waals surface area contributed by atoms with Crippen molar-refractivity contribution < 1.29 is 5.11 Å². The first kappa shape index (κ1) is 22.7. The molecule has 31 heavy (non-hydrogen) atoms. The van der Waals surface area contributed by atoms with Crippen LogP contribution in [0.1, 0.15) is 38.7 Å². The molecule has 6 nitrogen and oxygen atoms in total. The van der Waals surface area contributed by atoms with E-state index in [9.17, 15) is 5.11 Å². The number of likely N-dealkylation sites (tertiary alicyclic amines) is 1. The molecule has 2 saturated heterocycles. The molecule has 1 N–H and O–H groups in total. The maximum absolute atomic E-state index is 9.70. The number of hydrogen-bond donors (Lipinski definition) is 1. The lowest BCUT2D eigenvalue weighted by Gasteiger charge is -2.48. The van der Waals surface area contributed by atoms with Crippen LogP contribution in [0.15, 0.2) is 36.7 Å². The van der Waals surface area contributed by atoms with Crippen LogP contribution >= 0.6 is 11.6 Å². The second-order valence-electron chi connectivity index (χ2n) is 9.24. The summed E-state index contributed by atoms with van der Waals surface area (Å²) in [6.07, 6.45) is 7.35. The number of halogens is 1. The number of aromatic nitrogens is 2.